The van der Waals surface area contributed by atoms with Crippen LogP contribution in [0.4, 0.5) is 9.59 Å². The molecule has 22 heavy (non-hydrogen) atoms. The van der Waals surface area contributed by atoms with Crippen molar-refractivity contribution in [3.05, 3.63) is 0 Å². The van der Waals surface area contributed by atoms with Gasteiger partial charge >= 0.3 is 12.3 Å². The Balaban J connectivity index is 3.17. The number of hydrogen-bond acceptors (Lipinski definition) is 8. The number of hydrogen-bond donors (Lipinski definition) is 0. The lowest BCUT2D eigenvalue weighted by Crippen LogP contribution is -2.16. The van der Waals surface area contributed by atoms with E-state index < -0.39 is 12.3 Å². The smallest absolute Gasteiger partial charge is 0.434 e. The molecule has 0 aromatic heterocycles. The van der Waals surface area contributed by atoms with E-state index in [1.54, 1.807) is 0 Å². The maximum atomic E-state index is 11.0. The average Bonchev–Trinajstić information content (AvgIpc) is 2.52. The van der Waals surface area contributed by atoms with Gasteiger partial charge in [-0.1, -0.05) is 13.8 Å². The van der Waals surface area contributed by atoms with Gasteiger partial charge in [0.2, 0.25) is 0 Å². The lowest BCUT2D eigenvalue weighted by atomic mass is 10.5. The van der Waals surface area contributed by atoms with Crippen molar-refractivity contribution in [3.63, 3.8) is 0 Å². The Morgan fingerprint density at radius 2 is 0.864 bits per heavy atom. The average molecular weight is 322 g/mol. The quantitative estimate of drug-likeness (QED) is 0.376. The molecule has 0 radical (unpaired) electrons. The van der Waals surface area contributed by atoms with Crippen LogP contribution in [0.15, 0.2) is 0 Å². The lowest BCUT2D eigenvalue weighted by Gasteiger charge is -2.07. The van der Waals surface area contributed by atoms with Gasteiger partial charge in [0.25, 0.3) is 0 Å². The highest BCUT2D eigenvalue weighted by molar-refractivity contribution is 5.60. The van der Waals surface area contributed by atoms with Gasteiger partial charge in [-0.2, -0.15) is 0 Å². The summed E-state index contributed by atoms with van der Waals surface area (Å²) in [5.74, 6) is 0. The Hall–Kier alpha value is -1.54. The van der Waals surface area contributed by atoms with Gasteiger partial charge in [0.15, 0.2) is 0 Å². The van der Waals surface area contributed by atoms with Crippen LogP contribution in [-0.4, -0.2) is 65.2 Å². The second kappa shape index (κ2) is 15.8. The van der Waals surface area contributed by atoms with Gasteiger partial charge in [0, 0.05) is 0 Å². The number of ether oxygens (including phenoxy) is 6. The molecule has 0 saturated carbocycles. The first-order valence-electron chi connectivity index (χ1n) is 7.45. The van der Waals surface area contributed by atoms with Crippen LogP contribution in [-0.2, 0) is 28.4 Å². The van der Waals surface area contributed by atoms with Crippen LogP contribution in [0.25, 0.3) is 0 Å². The largest absolute Gasteiger partial charge is 0.508 e. The molecule has 0 fully saturated rings. The summed E-state index contributed by atoms with van der Waals surface area (Å²) in [5, 5.41) is 0. The molecule has 0 rings (SSSR count). The first-order valence-corrected chi connectivity index (χ1v) is 7.45. The molecule has 0 unspecified atom stereocenters. The van der Waals surface area contributed by atoms with Gasteiger partial charge < -0.3 is 28.4 Å². The summed E-state index contributed by atoms with van der Waals surface area (Å²) in [7, 11) is 0. The zero-order valence-corrected chi connectivity index (χ0v) is 13.3. The minimum Gasteiger partial charge on any atom is -0.434 e. The van der Waals surface area contributed by atoms with Crippen LogP contribution in [0.5, 0.6) is 0 Å². The van der Waals surface area contributed by atoms with Crippen molar-refractivity contribution in [1.29, 1.82) is 0 Å². The van der Waals surface area contributed by atoms with E-state index in [4.69, 9.17) is 28.4 Å². The molecule has 0 aromatic carbocycles. The van der Waals surface area contributed by atoms with Gasteiger partial charge in [0.1, 0.15) is 13.2 Å². The predicted molar refractivity (Wildman–Crippen MR) is 76.8 cm³/mol. The Morgan fingerprint density at radius 3 is 1.23 bits per heavy atom. The van der Waals surface area contributed by atoms with Gasteiger partial charge in [-0.05, 0) is 12.8 Å². The molecule has 0 aromatic rings. The third-order valence-corrected chi connectivity index (χ3v) is 2.12. The molecule has 0 aliphatic carbocycles. The predicted octanol–water partition coefficient (Wildman–Crippen LogP) is 2.15. The van der Waals surface area contributed by atoms with Crippen LogP contribution in [0.3, 0.4) is 0 Å². The standard InChI is InChI=1S/C14H26O8/c1-3-5-19-13(15)21-11-9-17-7-8-18-10-12-22-14(16)20-6-4-2/h3-12H2,1-2H3. The minimum atomic E-state index is -0.686. The normalized spacial score (nSPS) is 10.1. The van der Waals surface area contributed by atoms with Crippen LogP contribution >= 0.6 is 0 Å². The van der Waals surface area contributed by atoms with Crippen molar-refractivity contribution in [3.8, 4) is 0 Å². The third-order valence-electron chi connectivity index (χ3n) is 2.12. The van der Waals surface area contributed by atoms with Gasteiger partial charge in [-0.3, -0.25) is 0 Å². The Bertz CT molecular complexity index is 254. The SMILES string of the molecule is CCCOC(=O)OCCOCCOCCOC(=O)OCCC. The summed E-state index contributed by atoms with van der Waals surface area (Å²) in [4.78, 5) is 21.9. The van der Waals surface area contributed by atoms with Crippen LogP contribution in [0, 0.1) is 0 Å². The molecule has 0 aliphatic rings. The van der Waals surface area contributed by atoms with Crippen molar-refractivity contribution in [2.75, 3.05) is 52.9 Å². The summed E-state index contributed by atoms with van der Waals surface area (Å²) in [6.45, 7) is 6.01. The second-order valence-electron chi connectivity index (χ2n) is 4.12. The molecule has 130 valence electrons. The Labute approximate surface area is 130 Å². The fourth-order valence-corrected chi connectivity index (χ4v) is 1.14. The summed E-state index contributed by atoms with van der Waals surface area (Å²) < 4.78 is 29.3. The van der Waals surface area contributed by atoms with Crippen LogP contribution in [0.2, 0.25) is 0 Å². The molecule has 0 bridgehead atoms. The highest BCUT2D eigenvalue weighted by atomic mass is 16.7. The van der Waals surface area contributed by atoms with E-state index in [9.17, 15) is 9.59 Å². The summed E-state index contributed by atoms with van der Waals surface area (Å²) in [6.07, 6.45) is 0.133. The first-order chi connectivity index (χ1) is 10.7. The molecule has 0 spiro atoms. The van der Waals surface area contributed by atoms with Crippen LogP contribution in [0.1, 0.15) is 26.7 Å². The molecule has 8 nitrogen and oxygen atoms in total. The minimum absolute atomic E-state index is 0.134. The van der Waals surface area contributed by atoms with E-state index in [-0.39, 0.29) is 26.4 Å². The van der Waals surface area contributed by atoms with Crippen molar-refractivity contribution in [1.82, 2.24) is 0 Å². The summed E-state index contributed by atoms with van der Waals surface area (Å²) in [5.41, 5.74) is 0. The molecule has 8 heteroatoms. The highest BCUT2D eigenvalue weighted by Crippen LogP contribution is 1.90. The van der Waals surface area contributed by atoms with E-state index in [0.29, 0.717) is 26.4 Å². The second-order valence-corrected chi connectivity index (χ2v) is 4.12. The molecule has 0 aliphatic heterocycles. The molecule has 0 amide bonds. The summed E-state index contributed by atoms with van der Waals surface area (Å²) in [6, 6.07) is 0. The van der Waals surface area contributed by atoms with Crippen molar-refractivity contribution in [2.45, 2.75) is 26.7 Å². The molecule has 0 heterocycles. The van der Waals surface area contributed by atoms with E-state index in [0.717, 1.165) is 12.8 Å². The molecular weight excluding hydrogens is 296 g/mol. The maximum Gasteiger partial charge on any atom is 0.508 e. The van der Waals surface area contributed by atoms with E-state index >= 15 is 0 Å². The lowest BCUT2D eigenvalue weighted by molar-refractivity contribution is -0.00450. The Kier molecular flexibility index (Phi) is 14.7. The van der Waals surface area contributed by atoms with E-state index in [1.165, 1.54) is 0 Å². The van der Waals surface area contributed by atoms with Crippen molar-refractivity contribution < 1.29 is 38.0 Å². The number of carbonyl (C=O) groups is 2. The monoisotopic (exact) mass is 322 g/mol. The third kappa shape index (κ3) is 14.9. The maximum absolute atomic E-state index is 11.0. The molecule has 0 N–H and O–H groups in total. The van der Waals surface area contributed by atoms with E-state index in [1.807, 2.05) is 13.8 Å². The van der Waals surface area contributed by atoms with Crippen LogP contribution < -0.4 is 0 Å². The number of carbonyl (C=O) groups excluding carboxylic acids is 2. The van der Waals surface area contributed by atoms with Gasteiger partial charge in [-0.25, -0.2) is 9.59 Å². The molecular formula is C14H26O8. The topological polar surface area (TPSA) is 89.5 Å². The zero-order valence-electron chi connectivity index (χ0n) is 13.3. The van der Waals surface area contributed by atoms with Gasteiger partial charge in [-0.15, -0.1) is 0 Å². The van der Waals surface area contributed by atoms with Crippen molar-refractivity contribution >= 4 is 12.3 Å². The van der Waals surface area contributed by atoms with Gasteiger partial charge in [0.05, 0.1) is 39.6 Å². The zero-order chi connectivity index (χ0) is 16.5. The van der Waals surface area contributed by atoms with Crippen molar-refractivity contribution in [2.24, 2.45) is 0 Å². The highest BCUT2D eigenvalue weighted by Gasteiger charge is 2.03. The summed E-state index contributed by atoms with van der Waals surface area (Å²) >= 11 is 0. The molecule has 0 atom stereocenters. The van der Waals surface area contributed by atoms with E-state index in [2.05, 4.69) is 0 Å². The fourth-order valence-electron chi connectivity index (χ4n) is 1.14. The first kappa shape index (κ1) is 20.5. The molecule has 0 saturated heterocycles. The fraction of sp³-hybridized carbons (Fsp3) is 0.857. The number of rotatable bonds is 13. The Morgan fingerprint density at radius 1 is 0.545 bits per heavy atom.